The van der Waals surface area contributed by atoms with Gasteiger partial charge < -0.3 is 14.6 Å². The molecule has 1 aromatic heterocycles. The molecule has 0 bridgehead atoms. The fourth-order valence-electron chi connectivity index (χ4n) is 4.64. The lowest BCUT2D eigenvalue weighted by atomic mass is 9.95. The van der Waals surface area contributed by atoms with E-state index in [-0.39, 0.29) is 24.3 Å². The van der Waals surface area contributed by atoms with Crippen molar-refractivity contribution in [2.75, 3.05) is 6.61 Å². The van der Waals surface area contributed by atoms with E-state index in [2.05, 4.69) is 27.6 Å². The molecule has 0 saturated heterocycles. The number of nitrogens with zero attached hydrogens (tertiary/aromatic N) is 2. The zero-order valence-corrected chi connectivity index (χ0v) is 26.1. The van der Waals surface area contributed by atoms with Crippen molar-refractivity contribution in [2.45, 2.75) is 33.4 Å². The van der Waals surface area contributed by atoms with Crippen LogP contribution in [0.2, 0.25) is 0 Å². The molecule has 2 heterocycles. The van der Waals surface area contributed by atoms with E-state index in [1.54, 1.807) is 42.7 Å². The monoisotopic (exact) mass is 694 g/mol. The molecule has 1 aliphatic rings. The van der Waals surface area contributed by atoms with Crippen LogP contribution in [0.4, 0.5) is 0 Å². The van der Waals surface area contributed by atoms with Crippen molar-refractivity contribution in [3.63, 3.8) is 0 Å². The molecule has 0 saturated carbocycles. The van der Waals surface area contributed by atoms with Gasteiger partial charge in [-0.05, 0) is 90.4 Å². The van der Waals surface area contributed by atoms with E-state index in [1.165, 1.54) is 11.3 Å². The lowest BCUT2D eigenvalue weighted by molar-refractivity contribution is -0.139. The van der Waals surface area contributed by atoms with Crippen molar-refractivity contribution >= 4 is 51.9 Å². The largest absolute Gasteiger partial charge is 0.488 e. The molecule has 0 amide bonds. The number of hydrogen-bond donors (Lipinski definition) is 1. The summed E-state index contributed by atoms with van der Waals surface area (Å²) in [5, 5.41) is 9.07. The smallest absolute Gasteiger partial charge is 0.338 e. The second-order valence-electron chi connectivity index (χ2n) is 9.69. The number of hydrogen-bond acceptors (Lipinski definition) is 7. The summed E-state index contributed by atoms with van der Waals surface area (Å²) in [5.74, 6) is -0.785. The average molecular weight is 695 g/mol. The first-order valence-corrected chi connectivity index (χ1v) is 15.1. The maximum atomic E-state index is 13.8. The molecule has 0 unspecified atom stereocenters. The summed E-state index contributed by atoms with van der Waals surface area (Å²) in [6, 6.07) is 19.3. The van der Waals surface area contributed by atoms with Crippen molar-refractivity contribution in [2.24, 2.45) is 4.99 Å². The van der Waals surface area contributed by atoms with Crippen LogP contribution in [0.15, 0.2) is 87.8 Å². The number of ether oxygens (including phenoxy) is 2. The first-order valence-electron chi connectivity index (χ1n) is 13.2. The number of aryl methyl sites for hydroxylation is 1. The number of carbonyl (C=O) groups excluding carboxylic acids is 1. The van der Waals surface area contributed by atoms with E-state index in [1.807, 2.05) is 55.5 Å². The number of carbonyl (C=O) groups is 2. The van der Waals surface area contributed by atoms with Gasteiger partial charge in [-0.3, -0.25) is 9.36 Å². The molecule has 4 aromatic rings. The molecule has 0 spiro atoms. The first kappa shape index (κ1) is 29.5. The standard InChI is InChI=1S/C32H27IN2O6S/c1-4-40-31(39)27-19(3)34-32-35(28(27)22-10-5-18(2)6-11-22)29(36)26(42-32)16-21-9-14-25(24(33)15-21)41-17-20-7-12-23(13-8-20)30(37)38/h5-16,28H,4,17H2,1-3H3,(H,37,38)/b26-16+/t28-/m0/s1. The van der Waals surface area contributed by atoms with Gasteiger partial charge in [0.05, 0.1) is 37.6 Å². The predicted octanol–water partition coefficient (Wildman–Crippen LogP) is 4.99. The second kappa shape index (κ2) is 12.5. The Labute approximate surface area is 259 Å². The van der Waals surface area contributed by atoms with E-state index in [4.69, 9.17) is 14.6 Å². The summed E-state index contributed by atoms with van der Waals surface area (Å²) in [6.07, 6.45) is 1.82. The third kappa shape index (κ3) is 6.09. The summed E-state index contributed by atoms with van der Waals surface area (Å²) in [6.45, 7) is 6.01. The van der Waals surface area contributed by atoms with Crippen molar-refractivity contribution in [1.82, 2.24) is 4.57 Å². The normalized spacial score (nSPS) is 14.8. The first-order chi connectivity index (χ1) is 20.2. The highest BCUT2D eigenvalue weighted by Crippen LogP contribution is 2.31. The number of aromatic carboxylic acids is 1. The molecule has 1 N–H and O–H groups in total. The summed E-state index contributed by atoms with van der Waals surface area (Å²) in [5.41, 5.74) is 4.41. The SMILES string of the molecule is CCOC(=O)C1=C(C)N=c2s/c(=C/c3ccc(OCc4ccc(C(=O)O)cc4)c(I)c3)c(=O)n2[C@H]1c1ccc(C)cc1. The molecular formula is C32H27IN2O6S. The number of aromatic nitrogens is 1. The van der Waals surface area contributed by atoms with Crippen LogP contribution in [0.5, 0.6) is 5.75 Å². The summed E-state index contributed by atoms with van der Waals surface area (Å²) >= 11 is 3.46. The van der Waals surface area contributed by atoms with Crippen molar-refractivity contribution in [3.8, 4) is 5.75 Å². The topological polar surface area (TPSA) is 107 Å². The highest BCUT2D eigenvalue weighted by molar-refractivity contribution is 14.1. The fraction of sp³-hybridized carbons (Fsp3) is 0.188. The number of rotatable bonds is 8. The number of esters is 1. The minimum atomic E-state index is -0.972. The Hall–Kier alpha value is -4.03. The van der Waals surface area contributed by atoms with Crippen molar-refractivity contribution < 1.29 is 24.2 Å². The molecule has 42 heavy (non-hydrogen) atoms. The van der Waals surface area contributed by atoms with Crippen LogP contribution in [0.3, 0.4) is 0 Å². The van der Waals surface area contributed by atoms with Gasteiger partial charge in [0.1, 0.15) is 12.4 Å². The van der Waals surface area contributed by atoms with E-state index < -0.39 is 18.0 Å². The van der Waals surface area contributed by atoms with Crippen LogP contribution in [-0.2, 0) is 16.1 Å². The van der Waals surface area contributed by atoms with Gasteiger partial charge in [-0.1, -0.05) is 59.4 Å². The molecule has 8 nitrogen and oxygen atoms in total. The summed E-state index contributed by atoms with van der Waals surface area (Å²) < 4.78 is 14.2. The number of carboxylic acid groups (broad SMARTS) is 1. The van der Waals surface area contributed by atoms with Crippen LogP contribution in [-0.4, -0.2) is 28.2 Å². The Morgan fingerprint density at radius 3 is 2.43 bits per heavy atom. The van der Waals surface area contributed by atoms with E-state index >= 15 is 0 Å². The summed E-state index contributed by atoms with van der Waals surface area (Å²) in [4.78, 5) is 43.1. The van der Waals surface area contributed by atoms with Gasteiger partial charge in [0, 0.05) is 0 Å². The number of benzene rings is 3. The fourth-order valence-corrected chi connectivity index (χ4v) is 6.38. The van der Waals surface area contributed by atoms with E-state index in [0.29, 0.717) is 26.4 Å². The van der Waals surface area contributed by atoms with Crippen LogP contribution < -0.4 is 19.6 Å². The number of halogens is 1. The van der Waals surface area contributed by atoms with Gasteiger partial charge in [-0.15, -0.1) is 0 Å². The number of carboxylic acids is 1. The Morgan fingerprint density at radius 2 is 1.79 bits per heavy atom. The van der Waals surface area contributed by atoms with Crippen molar-refractivity contribution in [3.05, 3.63) is 129 Å². The predicted molar refractivity (Wildman–Crippen MR) is 168 cm³/mol. The molecule has 0 fully saturated rings. The van der Waals surface area contributed by atoms with Crippen LogP contribution in [0.1, 0.15) is 52.5 Å². The minimum Gasteiger partial charge on any atom is -0.488 e. The van der Waals surface area contributed by atoms with Crippen molar-refractivity contribution in [1.29, 1.82) is 0 Å². The molecule has 0 aliphatic carbocycles. The van der Waals surface area contributed by atoms with Crippen LogP contribution in [0.25, 0.3) is 6.08 Å². The van der Waals surface area contributed by atoms with Gasteiger partial charge in [0.2, 0.25) is 0 Å². The molecular weight excluding hydrogens is 667 g/mol. The highest BCUT2D eigenvalue weighted by Gasteiger charge is 2.33. The molecule has 1 atom stereocenters. The molecule has 5 rings (SSSR count). The van der Waals surface area contributed by atoms with Gasteiger partial charge in [0.25, 0.3) is 5.56 Å². The zero-order chi connectivity index (χ0) is 30.0. The molecule has 3 aromatic carbocycles. The molecule has 1 aliphatic heterocycles. The molecule has 0 radical (unpaired) electrons. The Balaban J connectivity index is 1.47. The second-order valence-corrected chi connectivity index (χ2v) is 11.9. The minimum absolute atomic E-state index is 0.218. The van der Waals surface area contributed by atoms with Crippen LogP contribution in [0, 0.1) is 10.5 Å². The Kier molecular flexibility index (Phi) is 8.74. The van der Waals surface area contributed by atoms with Gasteiger partial charge >= 0.3 is 11.9 Å². The number of thiazole rings is 1. The maximum Gasteiger partial charge on any atom is 0.338 e. The molecule has 214 valence electrons. The lowest BCUT2D eigenvalue weighted by Gasteiger charge is -2.24. The molecule has 10 heteroatoms. The van der Waals surface area contributed by atoms with Gasteiger partial charge in [0.15, 0.2) is 4.80 Å². The number of allylic oxidation sites excluding steroid dienone is 1. The quantitative estimate of drug-likeness (QED) is 0.206. The number of fused-ring (bicyclic) bond motifs is 1. The third-order valence-electron chi connectivity index (χ3n) is 6.76. The van der Waals surface area contributed by atoms with Gasteiger partial charge in [-0.25, -0.2) is 14.6 Å². The Morgan fingerprint density at radius 1 is 1.07 bits per heavy atom. The lowest BCUT2D eigenvalue weighted by Crippen LogP contribution is -2.39. The third-order valence-corrected chi connectivity index (χ3v) is 8.58. The maximum absolute atomic E-state index is 13.8. The Bertz CT molecular complexity index is 1890. The average Bonchev–Trinajstić information content (AvgIpc) is 3.26. The van der Waals surface area contributed by atoms with Gasteiger partial charge in [-0.2, -0.15) is 0 Å². The highest BCUT2D eigenvalue weighted by atomic mass is 127. The van der Waals surface area contributed by atoms with Crippen LogP contribution >= 0.6 is 33.9 Å². The van der Waals surface area contributed by atoms with E-state index in [0.717, 1.165) is 25.8 Å². The van der Waals surface area contributed by atoms with E-state index in [9.17, 15) is 14.4 Å². The zero-order valence-electron chi connectivity index (χ0n) is 23.1. The summed E-state index contributed by atoms with van der Waals surface area (Å²) in [7, 11) is 0.